The first-order chi connectivity index (χ1) is 14.3. The largest absolute Gasteiger partial charge is 0.484 e. The zero-order valence-corrected chi connectivity index (χ0v) is 17.9. The van der Waals surface area contributed by atoms with Crippen LogP contribution in [-0.4, -0.2) is 45.2 Å². The fourth-order valence-corrected chi connectivity index (χ4v) is 4.31. The molecule has 0 aromatic heterocycles. The molecule has 0 aliphatic carbocycles. The number of hydrogen-bond acceptors (Lipinski definition) is 4. The van der Waals surface area contributed by atoms with Crippen LogP contribution in [0.2, 0.25) is 0 Å². The SMILES string of the molecule is CS(=O)(=O)N(Cc1ccc(F)cc1)c1ccc(OCC(=O)N2CCCCCC2)cc1. The van der Waals surface area contributed by atoms with Crippen LogP contribution in [-0.2, 0) is 21.4 Å². The standard InChI is InChI=1S/C22H27FN2O4S/c1-30(27,28)25(16-18-6-8-19(23)9-7-18)20-10-12-21(13-11-20)29-17-22(26)24-14-4-2-3-5-15-24/h6-13H,2-5,14-17H2,1H3. The second-order valence-electron chi connectivity index (χ2n) is 7.47. The van der Waals surface area contributed by atoms with Gasteiger partial charge in [0, 0.05) is 13.1 Å². The maximum absolute atomic E-state index is 13.1. The molecule has 8 heteroatoms. The summed E-state index contributed by atoms with van der Waals surface area (Å²) in [4.78, 5) is 14.2. The predicted octanol–water partition coefficient (Wildman–Crippen LogP) is 3.57. The first kappa shape index (κ1) is 22.1. The molecular formula is C22H27FN2O4S. The zero-order valence-electron chi connectivity index (χ0n) is 17.1. The second-order valence-corrected chi connectivity index (χ2v) is 9.38. The molecule has 1 amide bonds. The van der Waals surface area contributed by atoms with Crippen LogP contribution in [0.3, 0.4) is 0 Å². The van der Waals surface area contributed by atoms with Crippen molar-refractivity contribution in [2.75, 3.05) is 30.3 Å². The molecule has 0 atom stereocenters. The lowest BCUT2D eigenvalue weighted by molar-refractivity contribution is -0.133. The van der Waals surface area contributed by atoms with E-state index in [1.807, 2.05) is 4.90 Å². The summed E-state index contributed by atoms with van der Waals surface area (Å²) in [5.41, 5.74) is 1.14. The summed E-state index contributed by atoms with van der Waals surface area (Å²) in [7, 11) is -3.54. The van der Waals surface area contributed by atoms with Gasteiger partial charge in [-0.3, -0.25) is 9.10 Å². The van der Waals surface area contributed by atoms with E-state index < -0.39 is 10.0 Å². The van der Waals surface area contributed by atoms with Crippen LogP contribution in [0, 0.1) is 5.82 Å². The van der Waals surface area contributed by atoms with Gasteiger partial charge in [0.15, 0.2) is 6.61 Å². The van der Waals surface area contributed by atoms with Gasteiger partial charge in [0.1, 0.15) is 11.6 Å². The minimum absolute atomic E-state index is 0.0324. The van der Waals surface area contributed by atoms with Gasteiger partial charge in [0.25, 0.3) is 5.91 Å². The van der Waals surface area contributed by atoms with Gasteiger partial charge in [-0.05, 0) is 54.8 Å². The third-order valence-electron chi connectivity index (χ3n) is 5.09. The average molecular weight is 435 g/mol. The van der Waals surface area contributed by atoms with Crippen molar-refractivity contribution in [3.63, 3.8) is 0 Å². The van der Waals surface area contributed by atoms with Crippen LogP contribution >= 0.6 is 0 Å². The predicted molar refractivity (Wildman–Crippen MR) is 114 cm³/mol. The Morgan fingerprint density at radius 2 is 1.60 bits per heavy atom. The van der Waals surface area contributed by atoms with E-state index in [1.165, 1.54) is 16.4 Å². The smallest absolute Gasteiger partial charge is 0.260 e. The van der Waals surface area contributed by atoms with Crippen molar-refractivity contribution in [3.8, 4) is 5.75 Å². The Morgan fingerprint density at radius 3 is 2.17 bits per heavy atom. The molecule has 1 aliphatic rings. The van der Waals surface area contributed by atoms with Crippen molar-refractivity contribution < 1.29 is 22.3 Å². The van der Waals surface area contributed by atoms with Crippen molar-refractivity contribution in [1.82, 2.24) is 4.90 Å². The van der Waals surface area contributed by atoms with Gasteiger partial charge in [-0.2, -0.15) is 0 Å². The molecule has 0 radical (unpaired) electrons. The molecule has 2 aromatic rings. The number of likely N-dealkylation sites (tertiary alicyclic amines) is 1. The van der Waals surface area contributed by atoms with Gasteiger partial charge in [0.05, 0.1) is 18.5 Å². The summed E-state index contributed by atoms with van der Waals surface area (Å²) >= 11 is 0. The highest BCUT2D eigenvalue weighted by atomic mass is 32.2. The average Bonchev–Trinajstić information content (AvgIpc) is 3.01. The Hall–Kier alpha value is -2.61. The summed E-state index contributed by atoms with van der Waals surface area (Å²) < 4.78 is 44.5. The summed E-state index contributed by atoms with van der Waals surface area (Å²) in [6, 6.07) is 12.3. The number of rotatable bonds is 7. The van der Waals surface area contributed by atoms with Crippen LogP contribution < -0.4 is 9.04 Å². The Morgan fingerprint density at radius 1 is 1.00 bits per heavy atom. The van der Waals surface area contributed by atoms with Crippen LogP contribution in [0.5, 0.6) is 5.75 Å². The van der Waals surface area contributed by atoms with Gasteiger partial charge in [0.2, 0.25) is 10.0 Å². The summed E-state index contributed by atoms with van der Waals surface area (Å²) in [6.45, 7) is 1.60. The minimum Gasteiger partial charge on any atom is -0.484 e. The number of carbonyl (C=O) groups is 1. The summed E-state index contributed by atoms with van der Waals surface area (Å²) in [6.07, 6.45) is 5.48. The first-order valence-corrected chi connectivity index (χ1v) is 11.9. The van der Waals surface area contributed by atoms with Crippen molar-refractivity contribution >= 4 is 21.6 Å². The molecule has 3 rings (SSSR count). The summed E-state index contributed by atoms with van der Waals surface area (Å²) in [5, 5.41) is 0. The Balaban J connectivity index is 1.64. The number of sulfonamides is 1. The normalized spacial score (nSPS) is 14.8. The van der Waals surface area contributed by atoms with E-state index in [2.05, 4.69) is 0 Å². The Labute approximate surface area is 177 Å². The number of nitrogens with zero attached hydrogens (tertiary/aromatic N) is 2. The van der Waals surface area contributed by atoms with E-state index >= 15 is 0 Å². The van der Waals surface area contributed by atoms with E-state index in [0.29, 0.717) is 17.0 Å². The molecule has 0 saturated carbocycles. The first-order valence-electron chi connectivity index (χ1n) is 10.1. The maximum atomic E-state index is 13.1. The molecule has 1 aliphatic heterocycles. The van der Waals surface area contributed by atoms with Crippen LogP contribution in [0.4, 0.5) is 10.1 Å². The fraction of sp³-hybridized carbons (Fsp3) is 0.409. The van der Waals surface area contributed by atoms with E-state index in [4.69, 9.17) is 4.74 Å². The van der Waals surface area contributed by atoms with E-state index in [-0.39, 0.29) is 24.9 Å². The number of halogens is 1. The van der Waals surface area contributed by atoms with Crippen LogP contribution in [0.15, 0.2) is 48.5 Å². The molecule has 1 heterocycles. The number of carbonyl (C=O) groups excluding carboxylic acids is 1. The fourth-order valence-electron chi connectivity index (χ4n) is 3.42. The Kier molecular flexibility index (Phi) is 7.31. The molecule has 2 aromatic carbocycles. The molecule has 0 spiro atoms. The molecule has 1 fully saturated rings. The lowest BCUT2D eigenvalue weighted by atomic mass is 10.2. The number of amides is 1. The van der Waals surface area contributed by atoms with Crippen LogP contribution in [0.25, 0.3) is 0 Å². The molecular weight excluding hydrogens is 407 g/mol. The van der Waals surface area contributed by atoms with Gasteiger partial charge in [-0.25, -0.2) is 12.8 Å². The molecule has 0 unspecified atom stereocenters. The molecule has 30 heavy (non-hydrogen) atoms. The zero-order chi connectivity index (χ0) is 21.6. The van der Waals surface area contributed by atoms with Gasteiger partial charge >= 0.3 is 0 Å². The highest BCUT2D eigenvalue weighted by Crippen LogP contribution is 2.24. The molecule has 6 nitrogen and oxygen atoms in total. The molecule has 0 N–H and O–H groups in total. The van der Waals surface area contributed by atoms with Gasteiger partial charge in [-0.15, -0.1) is 0 Å². The van der Waals surface area contributed by atoms with Crippen LogP contribution in [0.1, 0.15) is 31.2 Å². The number of hydrogen-bond donors (Lipinski definition) is 0. The topological polar surface area (TPSA) is 66.9 Å². The molecule has 162 valence electrons. The van der Waals surface area contributed by atoms with E-state index in [9.17, 15) is 17.6 Å². The second kappa shape index (κ2) is 9.93. The van der Waals surface area contributed by atoms with Gasteiger partial charge in [-0.1, -0.05) is 25.0 Å². The number of ether oxygens (including phenoxy) is 1. The minimum atomic E-state index is -3.54. The summed E-state index contributed by atoms with van der Waals surface area (Å²) in [5.74, 6) is 0.0908. The maximum Gasteiger partial charge on any atom is 0.260 e. The highest BCUT2D eigenvalue weighted by molar-refractivity contribution is 7.92. The highest BCUT2D eigenvalue weighted by Gasteiger charge is 2.19. The Bertz CT molecular complexity index is 938. The molecule has 1 saturated heterocycles. The van der Waals surface area contributed by atoms with Crippen molar-refractivity contribution in [3.05, 3.63) is 59.9 Å². The lowest BCUT2D eigenvalue weighted by Crippen LogP contribution is -2.35. The third-order valence-corrected chi connectivity index (χ3v) is 6.23. The third kappa shape index (κ3) is 6.19. The van der Waals surface area contributed by atoms with Crippen molar-refractivity contribution in [1.29, 1.82) is 0 Å². The number of benzene rings is 2. The van der Waals surface area contributed by atoms with E-state index in [0.717, 1.165) is 45.0 Å². The lowest BCUT2D eigenvalue weighted by Gasteiger charge is -2.23. The quantitative estimate of drug-likeness (QED) is 0.668. The monoisotopic (exact) mass is 434 g/mol. The molecule has 0 bridgehead atoms. The van der Waals surface area contributed by atoms with Crippen molar-refractivity contribution in [2.45, 2.75) is 32.2 Å². The van der Waals surface area contributed by atoms with Gasteiger partial charge < -0.3 is 9.64 Å². The van der Waals surface area contributed by atoms with E-state index in [1.54, 1.807) is 36.4 Å². The van der Waals surface area contributed by atoms with Crippen molar-refractivity contribution in [2.24, 2.45) is 0 Å². The number of anilines is 1.